The second-order valence-corrected chi connectivity index (χ2v) is 12.9. The maximum absolute atomic E-state index is 11.4. The number of hydrogen-bond acceptors (Lipinski definition) is 4. The minimum absolute atomic E-state index is 0. The average Bonchev–Trinajstić information content (AvgIpc) is 3.66. The minimum Gasteiger partial charge on any atom is -0.550 e. The third-order valence-electron chi connectivity index (χ3n) is 10.2. The maximum Gasteiger partial charge on any atom is 1.00 e. The Morgan fingerprint density at radius 2 is 1.74 bits per heavy atom. The summed E-state index contributed by atoms with van der Waals surface area (Å²) in [4.78, 5) is 11.4. The van der Waals surface area contributed by atoms with E-state index in [1.165, 1.54) is 50.1 Å². The van der Waals surface area contributed by atoms with Gasteiger partial charge in [-0.3, -0.25) is 0 Å². The summed E-state index contributed by atoms with van der Waals surface area (Å²) in [5.41, 5.74) is 12.0. The third kappa shape index (κ3) is 6.68. The molecule has 1 spiro atoms. The number of fused-ring (bicyclic) bond motifs is 1. The first-order valence-electron chi connectivity index (χ1n) is 15.6. The summed E-state index contributed by atoms with van der Waals surface area (Å²) in [5, 5.41) is 11.4. The SMILES string of the molecule is Cc1cc(OCCC2CCOCC2)cc(C)c1-c1cccc(CCc2ccc3c(c2)CC2(CC2)C3CC(=O)[O-])c1C.[Na+]. The Kier molecular flexibility index (Phi) is 9.89. The Balaban J connectivity index is 0.00000353. The first-order chi connectivity index (χ1) is 19.8. The van der Waals surface area contributed by atoms with Crippen molar-refractivity contribution in [2.45, 2.75) is 84.5 Å². The zero-order chi connectivity index (χ0) is 28.6. The van der Waals surface area contributed by atoms with Crippen LogP contribution in [0.25, 0.3) is 11.1 Å². The van der Waals surface area contributed by atoms with E-state index in [4.69, 9.17) is 9.47 Å². The molecule has 0 aromatic heterocycles. The summed E-state index contributed by atoms with van der Waals surface area (Å²) in [7, 11) is 0. The van der Waals surface area contributed by atoms with Gasteiger partial charge in [0.05, 0.1) is 6.61 Å². The number of aryl methyl sites for hydroxylation is 4. The van der Waals surface area contributed by atoms with Crippen LogP contribution < -0.4 is 39.4 Å². The molecule has 0 N–H and O–H groups in total. The fourth-order valence-corrected chi connectivity index (χ4v) is 7.63. The van der Waals surface area contributed by atoms with Crippen molar-refractivity contribution in [2.75, 3.05) is 19.8 Å². The van der Waals surface area contributed by atoms with Gasteiger partial charge >= 0.3 is 29.6 Å². The van der Waals surface area contributed by atoms with Crippen molar-refractivity contribution in [1.82, 2.24) is 0 Å². The van der Waals surface area contributed by atoms with Crippen LogP contribution in [-0.2, 0) is 28.8 Å². The van der Waals surface area contributed by atoms with Crippen molar-refractivity contribution in [3.05, 3.63) is 87.5 Å². The number of ether oxygens (including phenoxy) is 2. The van der Waals surface area contributed by atoms with Gasteiger partial charge in [0.2, 0.25) is 0 Å². The third-order valence-corrected chi connectivity index (χ3v) is 10.2. The fraction of sp³-hybridized carbons (Fsp3) is 0.486. The minimum atomic E-state index is -0.924. The summed E-state index contributed by atoms with van der Waals surface area (Å²) in [6.07, 6.45) is 8.81. The number of carbonyl (C=O) groups is 1. The molecule has 2 fully saturated rings. The van der Waals surface area contributed by atoms with Crippen LogP contribution in [0, 0.1) is 32.1 Å². The summed E-state index contributed by atoms with van der Waals surface area (Å²) in [6, 6.07) is 17.9. The van der Waals surface area contributed by atoms with Crippen LogP contribution in [0.1, 0.15) is 83.4 Å². The summed E-state index contributed by atoms with van der Waals surface area (Å²) < 4.78 is 11.7. The largest absolute Gasteiger partial charge is 1.00 e. The van der Waals surface area contributed by atoms with Gasteiger partial charge in [0.25, 0.3) is 0 Å². The Bertz CT molecular complexity index is 1410. The van der Waals surface area contributed by atoms with Crippen molar-refractivity contribution < 1.29 is 48.9 Å². The van der Waals surface area contributed by atoms with E-state index in [0.29, 0.717) is 5.92 Å². The number of hydrogen-bond donors (Lipinski definition) is 0. The zero-order valence-electron chi connectivity index (χ0n) is 25.9. The van der Waals surface area contributed by atoms with Gasteiger partial charge in [0.15, 0.2) is 0 Å². The number of benzene rings is 3. The van der Waals surface area contributed by atoms with Crippen molar-refractivity contribution in [2.24, 2.45) is 11.3 Å². The Morgan fingerprint density at radius 3 is 2.43 bits per heavy atom. The van der Waals surface area contributed by atoms with Crippen molar-refractivity contribution in [3.63, 3.8) is 0 Å². The van der Waals surface area contributed by atoms with Gasteiger partial charge in [0.1, 0.15) is 5.75 Å². The molecule has 0 radical (unpaired) electrons. The Hall–Kier alpha value is -2.11. The second-order valence-electron chi connectivity index (χ2n) is 12.9. The average molecular weight is 575 g/mol. The molecule has 3 aromatic rings. The van der Waals surface area contributed by atoms with Crippen LogP contribution in [0.4, 0.5) is 0 Å². The second kappa shape index (κ2) is 13.3. The van der Waals surface area contributed by atoms with Crippen LogP contribution in [0.3, 0.4) is 0 Å². The van der Waals surface area contributed by atoms with Crippen LogP contribution in [0.2, 0.25) is 0 Å². The van der Waals surface area contributed by atoms with E-state index in [9.17, 15) is 9.90 Å². The summed E-state index contributed by atoms with van der Waals surface area (Å²) in [6.45, 7) is 9.19. The van der Waals surface area contributed by atoms with E-state index in [2.05, 4.69) is 69.3 Å². The Morgan fingerprint density at radius 1 is 1.00 bits per heavy atom. The first-order valence-corrected chi connectivity index (χ1v) is 15.6. The summed E-state index contributed by atoms with van der Waals surface area (Å²) in [5.74, 6) is 0.891. The molecule has 216 valence electrons. The molecule has 42 heavy (non-hydrogen) atoms. The predicted octanol–water partition coefficient (Wildman–Crippen LogP) is 3.82. The molecule has 3 aliphatic rings. The number of rotatable bonds is 10. The summed E-state index contributed by atoms with van der Waals surface area (Å²) >= 11 is 0. The van der Waals surface area contributed by atoms with E-state index in [1.54, 1.807) is 0 Å². The van der Waals surface area contributed by atoms with Gasteiger partial charge in [-0.1, -0.05) is 36.4 Å². The van der Waals surface area contributed by atoms with Crippen LogP contribution in [-0.4, -0.2) is 25.8 Å². The molecule has 1 aliphatic heterocycles. The van der Waals surface area contributed by atoms with Crippen molar-refractivity contribution in [1.29, 1.82) is 0 Å². The standard InChI is InChI=1S/C37H44O4.Na/c1-24-19-31(41-18-13-27-11-16-40-17-12-27)20-25(2)36(24)32-6-4-5-29(26(32)3)9-7-28-8-10-33-30(21-28)23-37(14-15-37)34(33)22-35(38)39;/h4-6,8,10,19-21,27,34H,7,9,11-18,22-23H2,1-3H3,(H,38,39);/q;+1/p-1. The zero-order valence-corrected chi connectivity index (χ0v) is 27.9. The molecule has 5 heteroatoms. The van der Waals surface area contributed by atoms with E-state index < -0.39 is 5.97 Å². The smallest absolute Gasteiger partial charge is 0.550 e. The maximum atomic E-state index is 11.4. The first kappa shape index (κ1) is 31.3. The topological polar surface area (TPSA) is 58.6 Å². The molecule has 4 nitrogen and oxygen atoms in total. The van der Waals surface area contributed by atoms with E-state index in [0.717, 1.165) is 76.9 Å². The Labute approximate surface area is 273 Å². The number of carbonyl (C=O) groups excluding carboxylic acids is 1. The fourth-order valence-electron chi connectivity index (χ4n) is 7.63. The monoisotopic (exact) mass is 574 g/mol. The molecule has 1 saturated carbocycles. The molecule has 1 unspecified atom stereocenters. The number of aliphatic carboxylic acids is 1. The molecule has 0 amide bonds. The molecule has 0 bridgehead atoms. The van der Waals surface area contributed by atoms with Gasteiger partial charge in [-0.25, -0.2) is 0 Å². The molecule has 1 atom stereocenters. The number of carboxylic acid groups (broad SMARTS) is 1. The van der Waals surface area contributed by atoms with Crippen LogP contribution in [0.15, 0.2) is 48.5 Å². The quantitative estimate of drug-likeness (QED) is 0.346. The molecule has 1 saturated heterocycles. The predicted molar refractivity (Wildman–Crippen MR) is 161 cm³/mol. The van der Waals surface area contributed by atoms with Gasteiger partial charge in [-0.15, -0.1) is 0 Å². The number of carboxylic acids is 1. The molecule has 6 rings (SSSR count). The van der Waals surface area contributed by atoms with E-state index in [-0.39, 0.29) is 47.3 Å². The molecule has 1 heterocycles. The van der Waals surface area contributed by atoms with Crippen molar-refractivity contribution in [3.8, 4) is 16.9 Å². The molecular formula is C37H43NaO4. The van der Waals surface area contributed by atoms with Crippen molar-refractivity contribution >= 4 is 5.97 Å². The van der Waals surface area contributed by atoms with Gasteiger partial charge in [0, 0.05) is 19.2 Å². The van der Waals surface area contributed by atoms with Crippen LogP contribution >= 0.6 is 0 Å². The van der Waals surface area contributed by atoms with Gasteiger partial charge in [-0.2, -0.15) is 0 Å². The van der Waals surface area contributed by atoms with Gasteiger partial charge < -0.3 is 19.4 Å². The normalized spacial score (nSPS) is 18.9. The van der Waals surface area contributed by atoms with E-state index >= 15 is 0 Å². The van der Waals surface area contributed by atoms with Crippen LogP contribution in [0.5, 0.6) is 5.75 Å². The van der Waals surface area contributed by atoms with E-state index in [1.807, 2.05) is 0 Å². The molecule has 2 aliphatic carbocycles. The molecule has 3 aromatic carbocycles. The van der Waals surface area contributed by atoms with Gasteiger partial charge in [-0.05, 0) is 158 Å². The molecular weight excluding hydrogens is 531 g/mol.